The normalized spacial score (nSPS) is 21.1. The lowest BCUT2D eigenvalue weighted by atomic mass is 9.94. The molecule has 0 aromatic carbocycles. The van der Waals surface area contributed by atoms with E-state index in [9.17, 15) is 4.79 Å². The summed E-state index contributed by atoms with van der Waals surface area (Å²) in [6.07, 6.45) is 5.26. The number of nitrogens with one attached hydrogen (secondary N) is 1. The number of aliphatic imine (C=N–C) groups is 1. The Morgan fingerprint density at radius 2 is 2.25 bits per heavy atom. The van der Waals surface area contributed by atoms with E-state index >= 15 is 0 Å². The molecule has 1 spiro atoms. The minimum absolute atomic E-state index is 0.0136. The maximum atomic E-state index is 12.1. The highest BCUT2D eigenvalue weighted by atomic mass is 35.5. The van der Waals surface area contributed by atoms with Gasteiger partial charge in [0.2, 0.25) is 0 Å². The number of rotatable bonds is 2. The summed E-state index contributed by atoms with van der Waals surface area (Å²) in [5.41, 5.74) is 7.22. The van der Waals surface area contributed by atoms with Gasteiger partial charge in [0.25, 0.3) is 5.91 Å². The van der Waals surface area contributed by atoms with Gasteiger partial charge in [0, 0.05) is 6.54 Å². The van der Waals surface area contributed by atoms with Gasteiger partial charge in [-0.2, -0.15) is 0 Å². The minimum atomic E-state index is -0.0537. The maximum absolute atomic E-state index is 12.1. The van der Waals surface area contributed by atoms with Crippen molar-refractivity contribution in [3.8, 4) is 0 Å². The van der Waals surface area contributed by atoms with Crippen molar-refractivity contribution in [2.45, 2.75) is 44.6 Å². The van der Waals surface area contributed by atoms with Crippen LogP contribution in [0.5, 0.6) is 0 Å². The summed E-state index contributed by atoms with van der Waals surface area (Å²) in [4.78, 5) is 16.4. The molecule has 3 rings (SSSR count). The van der Waals surface area contributed by atoms with E-state index in [2.05, 4.69) is 14.9 Å². The molecular weight excluding hydrogens is 276 g/mol. The van der Waals surface area contributed by atoms with Gasteiger partial charge in [-0.05, 0) is 42.5 Å². The highest BCUT2D eigenvalue weighted by Gasteiger charge is 2.43. The van der Waals surface area contributed by atoms with Crippen LogP contribution in [-0.4, -0.2) is 22.3 Å². The zero-order valence-corrected chi connectivity index (χ0v) is 12.3. The van der Waals surface area contributed by atoms with Crippen molar-refractivity contribution in [1.29, 1.82) is 0 Å². The second kappa shape index (κ2) is 4.81. The Morgan fingerprint density at radius 3 is 2.85 bits per heavy atom. The molecule has 0 radical (unpaired) electrons. The van der Waals surface area contributed by atoms with Gasteiger partial charge in [0.15, 0.2) is 5.29 Å². The Bertz CT molecular complexity index is 580. The summed E-state index contributed by atoms with van der Waals surface area (Å²) in [5.74, 6) is 0.721. The molecule has 0 unspecified atom stereocenters. The molecule has 108 valence electrons. The summed E-state index contributed by atoms with van der Waals surface area (Å²) in [7, 11) is 0. The maximum Gasteiger partial charge on any atom is 0.268 e. The van der Waals surface area contributed by atoms with E-state index in [0.717, 1.165) is 30.6 Å². The third-order valence-electron chi connectivity index (χ3n) is 4.46. The van der Waals surface area contributed by atoms with Crippen molar-refractivity contribution in [2.75, 3.05) is 6.54 Å². The third-order valence-corrected chi connectivity index (χ3v) is 4.55. The Morgan fingerprint density at radius 1 is 1.55 bits per heavy atom. The van der Waals surface area contributed by atoms with Gasteiger partial charge < -0.3 is 15.6 Å². The molecule has 1 aromatic rings. The second-order valence-corrected chi connectivity index (χ2v) is 6.00. The van der Waals surface area contributed by atoms with Crippen LogP contribution in [-0.2, 0) is 12.0 Å². The molecule has 1 aliphatic heterocycles. The number of hydrogen-bond donors (Lipinski definition) is 2. The first-order chi connectivity index (χ1) is 9.57. The number of amidine groups is 1. The smallest absolute Gasteiger partial charge is 0.268 e. The van der Waals surface area contributed by atoms with E-state index in [4.69, 9.17) is 17.3 Å². The number of aromatic nitrogens is 1. The van der Waals surface area contributed by atoms with Crippen molar-refractivity contribution in [2.24, 2.45) is 10.7 Å². The molecule has 3 N–H and O–H groups in total. The Labute approximate surface area is 123 Å². The number of halogens is 1. The zero-order chi connectivity index (χ0) is 14.3. The van der Waals surface area contributed by atoms with E-state index in [-0.39, 0.29) is 16.7 Å². The molecule has 6 heteroatoms. The summed E-state index contributed by atoms with van der Waals surface area (Å²) < 4.78 is 2.09. The van der Waals surface area contributed by atoms with Gasteiger partial charge >= 0.3 is 0 Å². The first-order valence-electron chi connectivity index (χ1n) is 7.10. The zero-order valence-electron chi connectivity index (χ0n) is 11.6. The van der Waals surface area contributed by atoms with E-state index in [1.165, 1.54) is 12.8 Å². The van der Waals surface area contributed by atoms with Crippen molar-refractivity contribution in [3.05, 3.63) is 17.3 Å². The van der Waals surface area contributed by atoms with Crippen molar-refractivity contribution < 1.29 is 4.79 Å². The average molecular weight is 295 g/mol. The van der Waals surface area contributed by atoms with Gasteiger partial charge in [-0.25, -0.2) is 4.99 Å². The lowest BCUT2D eigenvalue weighted by Gasteiger charge is -2.37. The number of nitrogens with zero attached hydrogens (tertiary/aromatic N) is 2. The molecule has 5 nitrogen and oxygen atoms in total. The number of hydrogen-bond acceptors (Lipinski definition) is 2. The quantitative estimate of drug-likeness (QED) is 0.499. The van der Waals surface area contributed by atoms with Crippen LogP contribution < -0.4 is 11.1 Å². The third kappa shape index (κ3) is 1.92. The topological polar surface area (TPSA) is 72.4 Å². The van der Waals surface area contributed by atoms with Crippen LogP contribution in [0.15, 0.2) is 11.1 Å². The molecule has 1 amide bonds. The first kappa shape index (κ1) is 13.5. The number of carbonyl (C=O) groups excluding carboxylic acids is 1. The lowest BCUT2D eigenvalue weighted by Crippen LogP contribution is -2.49. The highest BCUT2D eigenvalue weighted by molar-refractivity contribution is 6.64. The lowest BCUT2D eigenvalue weighted by molar-refractivity contribution is 0.0874. The number of nitrogens with two attached hydrogens (primary N) is 1. The molecule has 0 atom stereocenters. The Balaban J connectivity index is 2.24. The predicted molar refractivity (Wildman–Crippen MR) is 79.7 cm³/mol. The summed E-state index contributed by atoms with van der Waals surface area (Å²) in [6.45, 7) is 2.71. The summed E-state index contributed by atoms with van der Waals surface area (Å²) in [5, 5.41) is 3.03. The molecule has 0 saturated heterocycles. The number of carbonyl (C=O) groups is 1. The standard InChI is InChI=1S/C14H19ClN4O/c1-2-9-7-10-12(20)17-8-14(5-3-4-6-14)19(10)11(9)18-13(15)16/h7H,2-6,8H2,1H3,(H2,16,18)(H,17,20). The molecule has 20 heavy (non-hydrogen) atoms. The Hall–Kier alpha value is -1.49. The van der Waals surface area contributed by atoms with Gasteiger partial charge in [0.1, 0.15) is 11.5 Å². The van der Waals surface area contributed by atoms with Gasteiger partial charge in [-0.3, -0.25) is 4.79 Å². The fourth-order valence-electron chi connectivity index (χ4n) is 3.53. The van der Waals surface area contributed by atoms with Crippen molar-refractivity contribution in [3.63, 3.8) is 0 Å². The van der Waals surface area contributed by atoms with Gasteiger partial charge in [-0.15, -0.1) is 0 Å². The van der Waals surface area contributed by atoms with Crippen LogP contribution in [0.3, 0.4) is 0 Å². The van der Waals surface area contributed by atoms with Crippen LogP contribution >= 0.6 is 11.6 Å². The highest BCUT2D eigenvalue weighted by Crippen LogP contribution is 2.43. The second-order valence-electron chi connectivity index (χ2n) is 5.62. The fraction of sp³-hybridized carbons (Fsp3) is 0.571. The number of fused-ring (bicyclic) bond motifs is 2. The van der Waals surface area contributed by atoms with Crippen LogP contribution in [0.25, 0.3) is 0 Å². The summed E-state index contributed by atoms with van der Waals surface area (Å²) >= 11 is 5.79. The van der Waals surface area contributed by atoms with Gasteiger partial charge in [0.05, 0.1) is 5.54 Å². The van der Waals surface area contributed by atoms with Crippen LogP contribution in [0.2, 0.25) is 0 Å². The molecule has 0 bridgehead atoms. The van der Waals surface area contributed by atoms with Gasteiger partial charge in [-0.1, -0.05) is 19.8 Å². The number of aryl methyl sites for hydroxylation is 1. The SMILES string of the molecule is CCc1cc2n(c1/N=C(\N)Cl)C1(CCCC1)CNC2=O. The van der Waals surface area contributed by atoms with E-state index in [0.29, 0.717) is 12.2 Å². The van der Waals surface area contributed by atoms with Crippen LogP contribution in [0.4, 0.5) is 5.82 Å². The van der Waals surface area contributed by atoms with E-state index < -0.39 is 0 Å². The van der Waals surface area contributed by atoms with E-state index in [1.807, 2.05) is 13.0 Å². The average Bonchev–Trinajstić information content (AvgIpc) is 3.00. The fourth-order valence-corrected chi connectivity index (χ4v) is 3.61. The molecule has 1 aromatic heterocycles. The van der Waals surface area contributed by atoms with Crippen molar-refractivity contribution in [1.82, 2.24) is 9.88 Å². The molecule has 2 aliphatic rings. The van der Waals surface area contributed by atoms with Crippen LogP contribution in [0.1, 0.15) is 48.7 Å². The first-order valence-corrected chi connectivity index (χ1v) is 7.48. The number of amides is 1. The minimum Gasteiger partial charge on any atom is -0.374 e. The largest absolute Gasteiger partial charge is 0.374 e. The van der Waals surface area contributed by atoms with Crippen LogP contribution in [0, 0.1) is 0 Å². The van der Waals surface area contributed by atoms with E-state index in [1.54, 1.807) is 0 Å². The molecule has 2 heterocycles. The van der Waals surface area contributed by atoms with Crippen molar-refractivity contribution >= 4 is 28.6 Å². The monoisotopic (exact) mass is 294 g/mol. The molecular formula is C14H19ClN4O. The Kier molecular flexibility index (Phi) is 3.24. The molecule has 1 saturated carbocycles. The molecule has 1 fully saturated rings. The summed E-state index contributed by atoms with van der Waals surface area (Å²) in [6, 6.07) is 1.92. The molecule has 1 aliphatic carbocycles. The predicted octanol–water partition coefficient (Wildman–Crippen LogP) is 2.25.